The van der Waals surface area contributed by atoms with Gasteiger partial charge < -0.3 is 10.3 Å². The molecule has 0 atom stereocenters. The molecule has 0 aliphatic heterocycles. The third-order valence-electron chi connectivity index (χ3n) is 3.63. The van der Waals surface area contributed by atoms with E-state index < -0.39 is 0 Å². The van der Waals surface area contributed by atoms with Crippen molar-refractivity contribution in [2.45, 2.75) is 19.4 Å². The van der Waals surface area contributed by atoms with Crippen LogP contribution in [0.4, 0.5) is 0 Å². The zero-order chi connectivity index (χ0) is 13.9. The molecule has 0 amide bonds. The molecule has 1 aromatic carbocycles. The van der Waals surface area contributed by atoms with Crippen molar-refractivity contribution in [1.82, 2.24) is 14.5 Å². The number of aryl methyl sites for hydroxylation is 3. The molecule has 0 radical (unpaired) electrons. The van der Waals surface area contributed by atoms with Gasteiger partial charge >= 0.3 is 0 Å². The lowest BCUT2D eigenvalue weighted by Gasteiger charge is -2.02. The highest BCUT2D eigenvalue weighted by Crippen LogP contribution is 2.17. The van der Waals surface area contributed by atoms with Crippen molar-refractivity contribution in [1.29, 1.82) is 0 Å². The number of rotatable bonds is 4. The summed E-state index contributed by atoms with van der Waals surface area (Å²) >= 11 is 0. The Morgan fingerprint density at radius 3 is 2.80 bits per heavy atom. The van der Waals surface area contributed by atoms with E-state index in [0.717, 1.165) is 35.3 Å². The smallest absolute Gasteiger partial charge is 0.109 e. The van der Waals surface area contributed by atoms with Gasteiger partial charge in [-0.05, 0) is 35.7 Å². The standard InChI is InChI=1S/C16H18N4/c1-20-15-6-4-13(10-17)9-14(15)19-16(20)7-5-12-3-2-8-18-11-12/h2-4,6,8-9,11H,5,7,10,17H2,1H3. The predicted octanol–water partition coefficient (Wildman–Crippen LogP) is 2.21. The lowest BCUT2D eigenvalue weighted by Crippen LogP contribution is -2.00. The molecule has 2 heterocycles. The molecule has 0 fully saturated rings. The van der Waals surface area contributed by atoms with Crippen molar-refractivity contribution in [2.24, 2.45) is 12.8 Å². The van der Waals surface area contributed by atoms with E-state index in [-0.39, 0.29) is 0 Å². The Morgan fingerprint density at radius 1 is 1.15 bits per heavy atom. The van der Waals surface area contributed by atoms with Crippen LogP contribution in [-0.2, 0) is 26.4 Å². The Balaban J connectivity index is 1.86. The van der Waals surface area contributed by atoms with Crippen molar-refractivity contribution >= 4 is 11.0 Å². The van der Waals surface area contributed by atoms with Gasteiger partial charge in [-0.2, -0.15) is 0 Å². The van der Waals surface area contributed by atoms with Crippen LogP contribution in [-0.4, -0.2) is 14.5 Å². The molecule has 102 valence electrons. The van der Waals surface area contributed by atoms with Gasteiger partial charge in [-0.1, -0.05) is 12.1 Å². The first-order chi connectivity index (χ1) is 9.78. The Kier molecular flexibility index (Phi) is 3.48. The minimum atomic E-state index is 0.553. The minimum Gasteiger partial charge on any atom is -0.331 e. The van der Waals surface area contributed by atoms with E-state index in [1.165, 1.54) is 5.56 Å². The molecule has 20 heavy (non-hydrogen) atoms. The summed E-state index contributed by atoms with van der Waals surface area (Å²) in [6.45, 7) is 0.553. The lowest BCUT2D eigenvalue weighted by molar-refractivity contribution is 0.785. The molecule has 0 bridgehead atoms. The molecule has 0 aliphatic rings. The van der Waals surface area contributed by atoms with Crippen LogP contribution in [0.25, 0.3) is 11.0 Å². The summed E-state index contributed by atoms with van der Waals surface area (Å²) in [6, 6.07) is 10.3. The number of aromatic nitrogens is 3. The second-order valence-corrected chi connectivity index (χ2v) is 4.98. The van der Waals surface area contributed by atoms with Gasteiger partial charge in [0.1, 0.15) is 5.82 Å². The summed E-state index contributed by atoms with van der Waals surface area (Å²) in [5, 5.41) is 0. The summed E-state index contributed by atoms with van der Waals surface area (Å²) in [6.07, 6.45) is 5.58. The predicted molar refractivity (Wildman–Crippen MR) is 80.3 cm³/mol. The SMILES string of the molecule is Cn1c(CCc2cccnc2)nc2cc(CN)ccc21. The van der Waals surface area contributed by atoms with Crippen molar-refractivity contribution in [3.63, 3.8) is 0 Å². The van der Waals surface area contributed by atoms with E-state index in [1.54, 1.807) is 6.20 Å². The molecule has 0 saturated carbocycles. The number of hydrogen-bond acceptors (Lipinski definition) is 3. The van der Waals surface area contributed by atoms with Crippen LogP contribution in [0.3, 0.4) is 0 Å². The molecular weight excluding hydrogens is 248 g/mol. The maximum atomic E-state index is 5.68. The molecular formula is C16H18N4. The molecule has 2 aromatic heterocycles. The largest absolute Gasteiger partial charge is 0.331 e. The van der Waals surface area contributed by atoms with E-state index in [9.17, 15) is 0 Å². The van der Waals surface area contributed by atoms with Crippen LogP contribution >= 0.6 is 0 Å². The maximum absolute atomic E-state index is 5.68. The molecule has 4 nitrogen and oxygen atoms in total. The molecule has 3 aromatic rings. The number of nitrogens with two attached hydrogens (primary N) is 1. The van der Waals surface area contributed by atoms with Crippen LogP contribution in [0.15, 0.2) is 42.7 Å². The Bertz CT molecular complexity index is 716. The Labute approximate surface area is 118 Å². The van der Waals surface area contributed by atoms with Crippen LogP contribution in [0, 0.1) is 0 Å². The van der Waals surface area contributed by atoms with Crippen molar-refractivity contribution in [3.8, 4) is 0 Å². The first-order valence-electron chi connectivity index (χ1n) is 6.81. The first kappa shape index (κ1) is 12.8. The van der Waals surface area contributed by atoms with Gasteiger partial charge in [-0.25, -0.2) is 4.98 Å². The molecule has 4 heteroatoms. The van der Waals surface area contributed by atoms with Crippen LogP contribution in [0.5, 0.6) is 0 Å². The summed E-state index contributed by atoms with van der Waals surface area (Å²) in [5.74, 6) is 1.10. The fourth-order valence-corrected chi connectivity index (χ4v) is 2.45. The third kappa shape index (κ3) is 2.42. The first-order valence-corrected chi connectivity index (χ1v) is 6.81. The van der Waals surface area contributed by atoms with E-state index in [4.69, 9.17) is 10.7 Å². The fraction of sp³-hybridized carbons (Fsp3) is 0.250. The zero-order valence-electron chi connectivity index (χ0n) is 11.6. The third-order valence-corrected chi connectivity index (χ3v) is 3.63. The van der Waals surface area contributed by atoms with E-state index in [2.05, 4.69) is 40.9 Å². The number of pyridine rings is 1. The number of hydrogen-bond donors (Lipinski definition) is 1. The Hall–Kier alpha value is -2.20. The van der Waals surface area contributed by atoms with Crippen LogP contribution in [0.1, 0.15) is 17.0 Å². The lowest BCUT2D eigenvalue weighted by atomic mass is 10.1. The van der Waals surface area contributed by atoms with Gasteiger partial charge in [0.05, 0.1) is 11.0 Å². The van der Waals surface area contributed by atoms with Gasteiger partial charge in [0.15, 0.2) is 0 Å². The minimum absolute atomic E-state index is 0.553. The highest BCUT2D eigenvalue weighted by atomic mass is 15.1. The molecule has 0 spiro atoms. The number of imidazole rings is 1. The number of fused-ring (bicyclic) bond motifs is 1. The molecule has 2 N–H and O–H groups in total. The maximum Gasteiger partial charge on any atom is 0.109 e. The summed E-state index contributed by atoms with van der Waals surface area (Å²) in [7, 11) is 2.07. The number of benzene rings is 1. The van der Waals surface area contributed by atoms with Gasteiger partial charge in [-0.15, -0.1) is 0 Å². The van der Waals surface area contributed by atoms with Gasteiger partial charge in [-0.3, -0.25) is 4.98 Å². The van der Waals surface area contributed by atoms with E-state index in [0.29, 0.717) is 6.54 Å². The summed E-state index contributed by atoms with van der Waals surface area (Å²) in [5.41, 5.74) is 10.2. The topological polar surface area (TPSA) is 56.7 Å². The normalized spacial score (nSPS) is 11.1. The zero-order valence-corrected chi connectivity index (χ0v) is 11.6. The van der Waals surface area contributed by atoms with Crippen LogP contribution < -0.4 is 5.73 Å². The van der Waals surface area contributed by atoms with E-state index >= 15 is 0 Å². The van der Waals surface area contributed by atoms with Crippen molar-refractivity contribution in [2.75, 3.05) is 0 Å². The second kappa shape index (κ2) is 5.43. The van der Waals surface area contributed by atoms with Gasteiger partial charge in [0.25, 0.3) is 0 Å². The number of nitrogens with zero attached hydrogens (tertiary/aromatic N) is 3. The fourth-order valence-electron chi connectivity index (χ4n) is 2.45. The van der Waals surface area contributed by atoms with Crippen LogP contribution in [0.2, 0.25) is 0 Å². The van der Waals surface area contributed by atoms with Gasteiger partial charge in [0, 0.05) is 32.4 Å². The highest BCUT2D eigenvalue weighted by Gasteiger charge is 2.08. The van der Waals surface area contributed by atoms with Crippen molar-refractivity contribution in [3.05, 3.63) is 59.7 Å². The second-order valence-electron chi connectivity index (χ2n) is 4.98. The molecule has 0 aliphatic carbocycles. The van der Waals surface area contributed by atoms with Gasteiger partial charge in [0.2, 0.25) is 0 Å². The molecule has 3 rings (SSSR count). The Morgan fingerprint density at radius 2 is 2.05 bits per heavy atom. The monoisotopic (exact) mass is 266 g/mol. The summed E-state index contributed by atoms with van der Waals surface area (Å²) < 4.78 is 2.16. The molecule has 0 saturated heterocycles. The summed E-state index contributed by atoms with van der Waals surface area (Å²) in [4.78, 5) is 8.87. The van der Waals surface area contributed by atoms with Crippen molar-refractivity contribution < 1.29 is 0 Å². The average molecular weight is 266 g/mol. The molecule has 0 unspecified atom stereocenters. The quantitative estimate of drug-likeness (QED) is 0.787. The highest BCUT2D eigenvalue weighted by molar-refractivity contribution is 5.76. The average Bonchev–Trinajstić information content (AvgIpc) is 2.82. The van der Waals surface area contributed by atoms with E-state index in [1.807, 2.05) is 12.3 Å².